The van der Waals surface area contributed by atoms with Gasteiger partial charge in [0.25, 0.3) is 5.69 Å². The first kappa shape index (κ1) is 71.0. The maximum atomic E-state index is 12.8. The van der Waals surface area contributed by atoms with Crippen molar-refractivity contribution in [1.82, 2.24) is 40.1 Å². The molecular weight excluding hydrogens is 1290 g/mol. The number of nitrogens with one attached hydrogen (secondary N) is 5. The van der Waals surface area contributed by atoms with Crippen molar-refractivity contribution in [3.05, 3.63) is 203 Å². The summed E-state index contributed by atoms with van der Waals surface area (Å²) in [6.07, 6.45) is 8.24. The van der Waals surface area contributed by atoms with E-state index in [1.54, 1.807) is 24.5 Å². The minimum absolute atomic E-state index is 0. The largest absolute Gasteiger partial charge is 0.870 e. The molecule has 6 aromatic carbocycles. The molecule has 0 bridgehead atoms. The topological polar surface area (TPSA) is 304 Å². The molecule has 100 heavy (non-hydrogen) atoms. The van der Waals surface area contributed by atoms with Gasteiger partial charge in [-0.1, -0.05) is 96.5 Å². The lowest BCUT2D eigenvalue weighted by atomic mass is 9.71. The lowest BCUT2D eigenvalue weighted by Crippen LogP contribution is -2.55. The highest BCUT2D eigenvalue weighted by Gasteiger charge is 2.52. The molecule has 22 nitrogen and oxygen atoms in total. The average Bonchev–Trinajstić information content (AvgIpc) is 1.70. The van der Waals surface area contributed by atoms with Crippen molar-refractivity contribution < 1.29 is 54.3 Å². The molecule has 7 heterocycles. The molecule has 15 rings (SSSR count). The highest BCUT2D eigenvalue weighted by Crippen LogP contribution is 2.47. The van der Waals surface area contributed by atoms with Gasteiger partial charge in [0.05, 0.1) is 55.9 Å². The predicted octanol–water partition coefficient (Wildman–Crippen LogP) is 14.3. The molecule has 9 aromatic rings. The maximum absolute atomic E-state index is 12.8. The summed E-state index contributed by atoms with van der Waals surface area (Å²) in [4.78, 5) is 60.0. The third kappa shape index (κ3) is 14.1. The number of ether oxygens (including phenoxy) is 2. The molecular formula is C76H80BClN12O10. The standard InChI is InChI=1S/C35H32N6O3.C29H28ClN5O2.C12H16BNO3.2H2O/c1-34(2,3)44-33(42)39-35(19-7-20-35)24-15-11-23(12-16-24)30-29(22-13-17-25(40-43)18-14-22)38-32-26-8-4-5-9-27(26)37-31-28(41(30)32)10-6-21-36-31;1-28(2,3)37-27(36)34-29(15-7-16-29)19-13-11-18(12-14-19)23-24(30)33-26-20-8-4-5-9-21(20)32-25-22(35(23)26)10-6-17-31-25;1-11(2)12(3,4)17-13(16-11)9-5-7-10(14-15)8-6-9;;/h4-6,8-18,21H,7,19-20H2,1-3H3,(H2-,36,37,38,39,40,42,43);4-6,8-14,17H,7,15-16H2,1-3H3,(H,31,32)(H,34,36);5-8H,1-4H3;2*1H2. The van der Waals surface area contributed by atoms with Gasteiger partial charge < -0.3 is 45.7 Å². The van der Waals surface area contributed by atoms with Crippen LogP contribution >= 0.6 is 11.6 Å². The molecule has 514 valence electrons. The lowest BCUT2D eigenvalue weighted by molar-refractivity contribution is -0.552. The van der Waals surface area contributed by atoms with Crippen LogP contribution in [0.4, 0.5) is 32.5 Å². The van der Waals surface area contributed by atoms with Crippen molar-refractivity contribution in [2.45, 2.75) is 141 Å². The van der Waals surface area contributed by atoms with Crippen LogP contribution in [0.2, 0.25) is 5.15 Å². The summed E-state index contributed by atoms with van der Waals surface area (Å²) in [6, 6.07) is 55.0. The minimum atomic E-state index is -0.573. The fraction of sp³-hybridized carbons (Fsp3) is 0.289. The molecule has 1 saturated heterocycles. The summed E-state index contributed by atoms with van der Waals surface area (Å²) in [7, 11) is -0.374. The molecule has 2 amide bonds. The number of nitroso groups, excluding NO2 is 1. The van der Waals surface area contributed by atoms with Gasteiger partial charge in [0.1, 0.15) is 17.0 Å². The van der Waals surface area contributed by atoms with Gasteiger partial charge in [-0.25, -0.2) is 29.5 Å². The van der Waals surface area contributed by atoms with Gasteiger partial charge in [-0.15, -0.1) is 0 Å². The number of halogens is 1. The number of fused-ring (bicyclic) bond motifs is 10. The van der Waals surface area contributed by atoms with Crippen LogP contribution in [-0.2, 0) is 29.9 Å². The van der Waals surface area contributed by atoms with Gasteiger partial charge in [0.15, 0.2) is 22.2 Å². The highest BCUT2D eigenvalue weighted by atomic mass is 35.5. The Morgan fingerprint density at radius 3 is 1.77 bits per heavy atom. The van der Waals surface area contributed by atoms with E-state index >= 15 is 0 Å². The SMILES string of the molecule is CC(C)(C)OC(=O)NC1(c2ccc(-c3c(-c4ccc(NO)cc4)nc4c5ccccc5nc5ncccc5[n+]3-4)cc2)CCC1.CC(C)(C)OC(=O)NC1(c2ccc(-c3c(Cl)nc4n3-c3cccnc3Nc3ccccc3-4)cc2)CCC1.CC1(C)OB(c2ccc([NH+]=O)cc2)OC1(C)C.[OH-].[OH-]. The zero-order valence-electron chi connectivity index (χ0n) is 57.3. The van der Waals surface area contributed by atoms with Crippen LogP contribution in [0.5, 0.6) is 0 Å². The number of nitrogens with zero attached hydrogens (tertiary/aromatic N) is 7. The van der Waals surface area contributed by atoms with Gasteiger partial charge in [0.2, 0.25) is 11.3 Å². The van der Waals surface area contributed by atoms with E-state index < -0.39 is 34.5 Å². The summed E-state index contributed by atoms with van der Waals surface area (Å²) < 4.78 is 27.1. The zero-order valence-corrected chi connectivity index (χ0v) is 58.1. The molecule has 0 spiro atoms. The number of hydrogen-bond acceptors (Lipinski definition) is 17. The van der Waals surface area contributed by atoms with Gasteiger partial charge >= 0.3 is 25.1 Å². The second-order valence-electron chi connectivity index (χ2n) is 28.2. The van der Waals surface area contributed by atoms with Gasteiger partial charge in [0, 0.05) is 56.9 Å². The van der Waals surface area contributed by atoms with Crippen molar-refractivity contribution in [3.8, 4) is 56.7 Å². The number of para-hydroxylation sites is 2. The number of anilines is 3. The number of rotatable bonds is 10. The Labute approximate surface area is 585 Å². The molecule has 2 saturated carbocycles. The number of benzene rings is 6. The van der Waals surface area contributed by atoms with Crippen molar-refractivity contribution in [3.63, 3.8) is 0 Å². The Bertz CT molecular complexity index is 4770. The molecule has 24 heteroatoms. The van der Waals surface area contributed by atoms with Gasteiger partial charge in [-0.3, -0.25) is 15.3 Å². The molecule has 0 radical (unpaired) electrons. The number of alkyl carbamates (subject to hydrolysis) is 2. The summed E-state index contributed by atoms with van der Waals surface area (Å²) >= 11 is 6.81. The van der Waals surface area contributed by atoms with Crippen molar-refractivity contribution in [2.75, 3.05) is 10.8 Å². The zero-order chi connectivity index (χ0) is 68.9. The highest BCUT2D eigenvalue weighted by molar-refractivity contribution is 6.62. The van der Waals surface area contributed by atoms with Crippen LogP contribution in [0.25, 0.3) is 78.7 Å². The van der Waals surface area contributed by atoms with E-state index in [-0.39, 0.29) is 29.3 Å². The number of pyridine rings is 2. The first-order chi connectivity index (χ1) is 46.8. The van der Waals surface area contributed by atoms with Crippen molar-refractivity contribution in [2.24, 2.45) is 0 Å². The Kier molecular flexibility index (Phi) is 19.7. The summed E-state index contributed by atoms with van der Waals surface area (Å²) in [6.45, 7) is 19.3. The number of amides is 2. The lowest BCUT2D eigenvalue weighted by Gasteiger charge is -2.43. The monoisotopic (exact) mass is 1370 g/mol. The third-order valence-electron chi connectivity index (χ3n) is 18.7. The average molecular weight is 1370 g/mol. The van der Waals surface area contributed by atoms with Gasteiger partial charge in [-0.05, 0) is 202 Å². The number of imidazole rings is 2. The molecule has 6 aliphatic rings. The summed E-state index contributed by atoms with van der Waals surface area (Å²) in [5, 5.41) is 22.3. The maximum Gasteiger partial charge on any atom is 0.494 e. The molecule has 3 aromatic heterocycles. The second kappa shape index (κ2) is 27.8. The Morgan fingerprint density at radius 1 is 0.650 bits per heavy atom. The Balaban J connectivity index is 0.000000163. The fourth-order valence-corrected chi connectivity index (χ4v) is 13.1. The first-order valence-corrected chi connectivity index (χ1v) is 33.3. The molecule has 8 N–H and O–H groups in total. The summed E-state index contributed by atoms with van der Waals surface area (Å²) in [5.74, 6) is 2.24. The predicted molar refractivity (Wildman–Crippen MR) is 384 cm³/mol. The quantitative estimate of drug-likeness (QED) is 0.0421. The minimum Gasteiger partial charge on any atom is -0.870 e. The van der Waals surface area contributed by atoms with E-state index in [2.05, 4.69) is 76.9 Å². The van der Waals surface area contributed by atoms with Crippen LogP contribution in [0.1, 0.15) is 119 Å². The number of carbonyl (C=O) groups excluding carboxylic acids is 2. The Morgan fingerprint density at radius 2 is 1.20 bits per heavy atom. The molecule has 2 aliphatic carbocycles. The Hall–Kier alpha value is -10.3. The molecule has 3 fully saturated rings. The number of carbonyl (C=O) groups is 2. The normalized spacial score (nSPS) is 15.6. The van der Waals surface area contributed by atoms with E-state index in [1.807, 2.05) is 196 Å². The van der Waals surface area contributed by atoms with Crippen LogP contribution in [0.15, 0.2) is 182 Å². The molecule has 0 unspecified atom stereocenters. The number of hydrogen-bond donors (Lipinski definition) is 6. The van der Waals surface area contributed by atoms with Crippen LogP contribution < -0.4 is 36.6 Å². The first-order valence-electron chi connectivity index (χ1n) is 32.9. The molecule has 4 aliphatic heterocycles. The van der Waals surface area contributed by atoms with Crippen LogP contribution in [0, 0.1) is 4.91 Å². The van der Waals surface area contributed by atoms with Crippen molar-refractivity contribution >= 4 is 81.3 Å². The van der Waals surface area contributed by atoms with Crippen molar-refractivity contribution in [1.29, 1.82) is 0 Å². The van der Waals surface area contributed by atoms with E-state index in [9.17, 15) is 19.7 Å². The van der Waals surface area contributed by atoms with Gasteiger partial charge in [-0.2, -0.15) is 4.57 Å². The van der Waals surface area contributed by atoms with Crippen LogP contribution in [0.3, 0.4) is 0 Å². The third-order valence-corrected chi connectivity index (χ3v) is 19.0. The molecule has 0 atom stereocenters. The summed E-state index contributed by atoms with van der Waals surface area (Å²) in [5.41, 5.74) is 13.9. The second-order valence-corrected chi connectivity index (χ2v) is 28.5. The fourth-order valence-electron chi connectivity index (χ4n) is 12.8. The van der Waals surface area contributed by atoms with E-state index in [0.29, 0.717) is 22.2 Å². The van der Waals surface area contributed by atoms with E-state index in [1.165, 1.54) is 0 Å². The smallest absolute Gasteiger partial charge is 0.494 e. The van der Waals surface area contributed by atoms with E-state index in [0.717, 1.165) is 140 Å². The van der Waals surface area contributed by atoms with E-state index in [4.69, 9.17) is 45.3 Å². The van der Waals surface area contributed by atoms with Crippen LogP contribution in [-0.4, -0.2) is 87.4 Å². The number of aromatic nitrogens is 7.